The van der Waals surface area contributed by atoms with E-state index in [-0.39, 0.29) is 0 Å². The molecule has 0 amide bonds. The number of nitrogens with zero attached hydrogens (tertiary/aromatic N) is 4. The van der Waals surface area contributed by atoms with Gasteiger partial charge in [-0.1, -0.05) is 6.92 Å². The molecule has 21 heavy (non-hydrogen) atoms. The Balaban J connectivity index is 2.09. The summed E-state index contributed by atoms with van der Waals surface area (Å²) in [4.78, 5) is 4.87. The fraction of sp³-hybridized carbons (Fsp3) is 0.812. The average Bonchev–Trinajstić information content (AvgIpc) is 2.94. The third kappa shape index (κ3) is 3.77. The number of hydrogen-bond donors (Lipinski definition) is 1. The standard InChI is InChI=1S/C16H31N5/c1-6-9-17-11-15-13(2)18-21(5)16(15)20(4)12-14-8-7-10-19(14)3/h14,17H,6-12H2,1-5H3. The van der Waals surface area contributed by atoms with Gasteiger partial charge in [0.15, 0.2) is 0 Å². The number of hydrogen-bond acceptors (Lipinski definition) is 4. The van der Waals surface area contributed by atoms with Crippen molar-refractivity contribution < 1.29 is 0 Å². The molecule has 0 aromatic carbocycles. The smallest absolute Gasteiger partial charge is 0.131 e. The van der Waals surface area contributed by atoms with Crippen molar-refractivity contribution >= 4 is 5.82 Å². The van der Waals surface area contributed by atoms with Gasteiger partial charge in [-0.2, -0.15) is 5.10 Å². The van der Waals surface area contributed by atoms with Gasteiger partial charge in [-0.15, -0.1) is 0 Å². The van der Waals surface area contributed by atoms with Crippen molar-refractivity contribution in [1.82, 2.24) is 20.0 Å². The molecule has 0 saturated carbocycles. The highest BCUT2D eigenvalue weighted by atomic mass is 15.4. The van der Waals surface area contributed by atoms with Crippen LogP contribution in [0.5, 0.6) is 0 Å². The van der Waals surface area contributed by atoms with E-state index in [1.165, 1.54) is 30.8 Å². The van der Waals surface area contributed by atoms with Gasteiger partial charge in [-0.05, 0) is 46.3 Å². The minimum Gasteiger partial charge on any atom is -0.358 e. The van der Waals surface area contributed by atoms with Gasteiger partial charge in [0.05, 0.1) is 5.69 Å². The van der Waals surface area contributed by atoms with Crippen molar-refractivity contribution in [3.05, 3.63) is 11.3 Å². The molecule has 0 bridgehead atoms. The summed E-state index contributed by atoms with van der Waals surface area (Å²) in [6.45, 7) is 8.59. The van der Waals surface area contributed by atoms with Crippen LogP contribution < -0.4 is 10.2 Å². The van der Waals surface area contributed by atoms with Crippen LogP contribution >= 0.6 is 0 Å². The Hall–Kier alpha value is -1.07. The summed E-state index contributed by atoms with van der Waals surface area (Å²) in [5.74, 6) is 1.26. The summed E-state index contributed by atoms with van der Waals surface area (Å²) in [6.07, 6.45) is 3.79. The predicted molar refractivity (Wildman–Crippen MR) is 88.9 cm³/mol. The first-order valence-corrected chi connectivity index (χ1v) is 8.19. The first kappa shape index (κ1) is 16.3. The highest BCUT2D eigenvalue weighted by Gasteiger charge is 2.24. The van der Waals surface area contributed by atoms with Gasteiger partial charge >= 0.3 is 0 Å². The first-order chi connectivity index (χ1) is 10.0. The second-order valence-electron chi connectivity index (χ2n) is 6.35. The normalized spacial score (nSPS) is 19.4. The summed E-state index contributed by atoms with van der Waals surface area (Å²) in [5.41, 5.74) is 2.48. The molecular formula is C16H31N5. The van der Waals surface area contributed by atoms with Crippen LogP contribution in [0, 0.1) is 6.92 Å². The van der Waals surface area contributed by atoms with Gasteiger partial charge in [-0.25, -0.2) is 0 Å². The Labute approximate surface area is 129 Å². The molecule has 0 radical (unpaired) electrons. The van der Waals surface area contributed by atoms with Crippen LogP contribution in [-0.4, -0.2) is 54.5 Å². The second kappa shape index (κ2) is 7.27. The zero-order chi connectivity index (χ0) is 15.4. The monoisotopic (exact) mass is 293 g/mol. The lowest BCUT2D eigenvalue weighted by Crippen LogP contribution is -2.37. The minimum absolute atomic E-state index is 0.668. The number of likely N-dealkylation sites (N-methyl/N-ethyl adjacent to an activating group) is 2. The summed E-state index contributed by atoms with van der Waals surface area (Å²) in [6, 6.07) is 0.668. The fourth-order valence-electron chi connectivity index (χ4n) is 3.38. The van der Waals surface area contributed by atoms with Crippen molar-refractivity contribution in [2.75, 3.05) is 38.6 Å². The number of anilines is 1. The Kier molecular flexibility index (Phi) is 5.65. The fourth-order valence-corrected chi connectivity index (χ4v) is 3.38. The summed E-state index contributed by atoms with van der Waals surface area (Å²) in [7, 11) is 6.50. The largest absolute Gasteiger partial charge is 0.358 e. The van der Waals surface area contributed by atoms with E-state index >= 15 is 0 Å². The minimum atomic E-state index is 0.668. The predicted octanol–water partition coefficient (Wildman–Crippen LogP) is 1.76. The maximum Gasteiger partial charge on any atom is 0.131 e. The third-order valence-corrected chi connectivity index (χ3v) is 4.56. The van der Waals surface area contributed by atoms with Crippen molar-refractivity contribution in [1.29, 1.82) is 0 Å². The zero-order valence-electron chi connectivity index (χ0n) is 14.3. The number of aromatic nitrogens is 2. The van der Waals surface area contributed by atoms with Crippen LogP contribution in [0.25, 0.3) is 0 Å². The van der Waals surface area contributed by atoms with Crippen LogP contribution in [0.2, 0.25) is 0 Å². The lowest BCUT2D eigenvalue weighted by atomic mass is 10.2. The zero-order valence-corrected chi connectivity index (χ0v) is 14.3. The molecule has 5 heteroatoms. The van der Waals surface area contributed by atoms with E-state index in [1.807, 2.05) is 4.68 Å². The van der Waals surface area contributed by atoms with Crippen LogP contribution in [0.3, 0.4) is 0 Å². The van der Waals surface area contributed by atoms with Crippen molar-refractivity contribution in [2.24, 2.45) is 7.05 Å². The molecule has 1 atom stereocenters. The molecule has 0 spiro atoms. The van der Waals surface area contributed by atoms with Crippen LogP contribution in [0.1, 0.15) is 37.4 Å². The molecule has 1 fully saturated rings. The van der Waals surface area contributed by atoms with E-state index in [9.17, 15) is 0 Å². The maximum atomic E-state index is 4.63. The van der Waals surface area contributed by atoms with Gasteiger partial charge in [0.25, 0.3) is 0 Å². The summed E-state index contributed by atoms with van der Waals surface area (Å²) >= 11 is 0. The Bertz CT molecular complexity index is 454. The molecular weight excluding hydrogens is 262 g/mol. The van der Waals surface area contributed by atoms with Crippen molar-refractivity contribution in [3.8, 4) is 0 Å². The van der Waals surface area contributed by atoms with Gasteiger partial charge in [0.2, 0.25) is 0 Å². The van der Waals surface area contributed by atoms with Crippen LogP contribution in [0.15, 0.2) is 0 Å². The second-order valence-corrected chi connectivity index (χ2v) is 6.35. The quantitative estimate of drug-likeness (QED) is 0.777. The van der Waals surface area contributed by atoms with Gasteiger partial charge in [-0.3, -0.25) is 4.68 Å². The van der Waals surface area contributed by atoms with Crippen molar-refractivity contribution in [3.63, 3.8) is 0 Å². The lowest BCUT2D eigenvalue weighted by Gasteiger charge is -2.28. The molecule has 1 aromatic heterocycles. The molecule has 1 saturated heterocycles. The average molecular weight is 293 g/mol. The number of aryl methyl sites for hydroxylation is 2. The van der Waals surface area contributed by atoms with Gasteiger partial charge in [0.1, 0.15) is 5.82 Å². The third-order valence-electron chi connectivity index (χ3n) is 4.56. The molecule has 120 valence electrons. The molecule has 2 heterocycles. The number of rotatable bonds is 7. The Morgan fingerprint density at radius 1 is 1.38 bits per heavy atom. The molecule has 1 aliphatic heterocycles. The van der Waals surface area contributed by atoms with E-state index < -0.39 is 0 Å². The first-order valence-electron chi connectivity index (χ1n) is 8.19. The van der Waals surface area contributed by atoms with E-state index in [0.717, 1.165) is 31.7 Å². The lowest BCUT2D eigenvalue weighted by molar-refractivity contribution is 0.313. The van der Waals surface area contributed by atoms with Crippen LogP contribution in [0.4, 0.5) is 5.82 Å². The number of nitrogens with one attached hydrogen (secondary N) is 1. The highest BCUT2D eigenvalue weighted by molar-refractivity contribution is 5.49. The molecule has 0 aliphatic carbocycles. The van der Waals surface area contributed by atoms with Crippen LogP contribution in [-0.2, 0) is 13.6 Å². The highest BCUT2D eigenvalue weighted by Crippen LogP contribution is 2.24. The van der Waals surface area contributed by atoms with E-state index in [0.29, 0.717) is 6.04 Å². The van der Waals surface area contributed by atoms with E-state index in [2.05, 4.69) is 55.2 Å². The molecule has 5 nitrogen and oxygen atoms in total. The Morgan fingerprint density at radius 2 is 2.14 bits per heavy atom. The molecule has 1 unspecified atom stereocenters. The Morgan fingerprint density at radius 3 is 2.76 bits per heavy atom. The van der Waals surface area contributed by atoms with E-state index in [1.54, 1.807) is 0 Å². The SMILES string of the molecule is CCCNCc1c(C)nn(C)c1N(C)CC1CCCN1C. The van der Waals surface area contributed by atoms with Gasteiger partial charge < -0.3 is 15.1 Å². The maximum absolute atomic E-state index is 4.63. The van der Waals surface area contributed by atoms with Gasteiger partial charge in [0, 0.05) is 38.8 Å². The summed E-state index contributed by atoms with van der Waals surface area (Å²) in [5, 5.41) is 8.14. The van der Waals surface area contributed by atoms with Crippen molar-refractivity contribution in [2.45, 2.75) is 45.7 Å². The molecule has 1 aliphatic rings. The number of likely N-dealkylation sites (tertiary alicyclic amines) is 1. The molecule has 1 N–H and O–H groups in total. The summed E-state index contributed by atoms with van der Waals surface area (Å²) < 4.78 is 2.03. The van der Waals surface area contributed by atoms with E-state index in [4.69, 9.17) is 0 Å². The molecule has 1 aromatic rings. The molecule has 2 rings (SSSR count). The topological polar surface area (TPSA) is 36.3 Å².